The van der Waals surface area contributed by atoms with E-state index in [-0.39, 0.29) is 6.61 Å². The molecular formula is C6H6FNO4S2. The van der Waals surface area contributed by atoms with Gasteiger partial charge in [-0.3, -0.25) is 0 Å². The Morgan fingerprint density at radius 1 is 1.71 bits per heavy atom. The van der Waals surface area contributed by atoms with Crippen LogP contribution in [0.3, 0.4) is 0 Å². The molecule has 0 N–H and O–H groups in total. The fourth-order valence-corrected chi connectivity index (χ4v) is 2.20. The van der Waals surface area contributed by atoms with E-state index >= 15 is 0 Å². The van der Waals surface area contributed by atoms with Crippen molar-refractivity contribution >= 4 is 27.5 Å². The predicted molar refractivity (Wildman–Crippen MR) is 46.4 cm³/mol. The van der Waals surface area contributed by atoms with Gasteiger partial charge in [-0.2, -0.15) is 8.42 Å². The van der Waals surface area contributed by atoms with Crippen LogP contribution in [0.25, 0.3) is 0 Å². The van der Waals surface area contributed by atoms with Gasteiger partial charge in [0.1, 0.15) is 0 Å². The Morgan fingerprint density at radius 2 is 2.36 bits per heavy atom. The number of esters is 1. The van der Waals surface area contributed by atoms with E-state index in [0.717, 1.165) is 5.51 Å². The average Bonchev–Trinajstić information content (AvgIpc) is 2.50. The zero-order chi connectivity index (χ0) is 10.8. The molecule has 1 rings (SSSR count). The number of carbonyl (C=O) groups is 1. The van der Waals surface area contributed by atoms with Gasteiger partial charge >= 0.3 is 16.2 Å². The number of halogens is 1. The molecule has 0 atom stereocenters. The first-order valence-electron chi connectivity index (χ1n) is 3.52. The highest BCUT2D eigenvalue weighted by molar-refractivity contribution is 7.88. The van der Waals surface area contributed by atoms with Gasteiger partial charge in [0.05, 0.1) is 12.1 Å². The van der Waals surface area contributed by atoms with Crippen LogP contribution in [0.4, 0.5) is 3.89 Å². The Hall–Kier alpha value is -1.02. The molecule has 5 nitrogen and oxygen atoms in total. The molecule has 0 fully saturated rings. The summed E-state index contributed by atoms with van der Waals surface area (Å²) < 4.78 is 37.4. The number of carbonyl (C=O) groups excluding carboxylic acids is 1. The molecule has 1 aromatic heterocycles. The molecule has 0 amide bonds. The van der Waals surface area contributed by atoms with Gasteiger partial charge in [-0.15, -0.1) is 11.3 Å². The van der Waals surface area contributed by atoms with Crippen molar-refractivity contribution in [1.82, 2.24) is 4.98 Å². The van der Waals surface area contributed by atoms with Crippen molar-refractivity contribution in [2.45, 2.75) is 11.1 Å². The minimum absolute atomic E-state index is 0.0716. The molecular weight excluding hydrogens is 233 g/mol. The predicted octanol–water partition coefficient (Wildman–Crippen LogP) is 0.978. The molecule has 0 unspecified atom stereocenters. The van der Waals surface area contributed by atoms with E-state index in [1.807, 2.05) is 0 Å². The van der Waals surface area contributed by atoms with Gasteiger partial charge in [-0.1, -0.05) is 3.89 Å². The smallest absolute Gasteiger partial charge is 0.359 e. The maximum absolute atomic E-state index is 12.6. The number of nitrogens with zero attached hydrogens (tertiary/aromatic N) is 1. The number of thiazole rings is 1. The number of hydrogen-bond acceptors (Lipinski definition) is 6. The highest BCUT2D eigenvalue weighted by atomic mass is 32.3. The molecule has 0 aromatic carbocycles. The van der Waals surface area contributed by atoms with Crippen molar-refractivity contribution in [3.05, 3.63) is 11.2 Å². The number of rotatable bonds is 3. The van der Waals surface area contributed by atoms with Crippen molar-refractivity contribution in [2.24, 2.45) is 0 Å². The first kappa shape index (κ1) is 11.1. The third-order valence-electron chi connectivity index (χ3n) is 1.23. The van der Waals surface area contributed by atoms with E-state index < -0.39 is 26.1 Å². The highest BCUT2D eigenvalue weighted by Gasteiger charge is 2.26. The second-order valence-corrected chi connectivity index (χ2v) is 4.54. The maximum Gasteiger partial charge on any atom is 0.359 e. The maximum atomic E-state index is 12.6. The third-order valence-corrected chi connectivity index (χ3v) is 3.37. The lowest BCUT2D eigenvalue weighted by molar-refractivity contribution is 0.0516. The summed E-state index contributed by atoms with van der Waals surface area (Å²) in [5.41, 5.74) is 0.568. The Kier molecular flexibility index (Phi) is 3.17. The Labute approximate surface area is 83.7 Å². The lowest BCUT2D eigenvalue weighted by Gasteiger charge is -1.98. The topological polar surface area (TPSA) is 73.3 Å². The molecule has 14 heavy (non-hydrogen) atoms. The molecule has 0 aliphatic heterocycles. The van der Waals surface area contributed by atoms with Crippen LogP contribution in [-0.2, 0) is 15.0 Å². The lowest BCUT2D eigenvalue weighted by atomic mass is 10.5. The van der Waals surface area contributed by atoms with Crippen LogP contribution < -0.4 is 0 Å². The van der Waals surface area contributed by atoms with Crippen LogP contribution in [0.5, 0.6) is 0 Å². The largest absolute Gasteiger partial charge is 0.461 e. The Bertz CT molecular complexity index is 438. The van der Waals surface area contributed by atoms with Crippen LogP contribution in [0.15, 0.2) is 9.72 Å². The van der Waals surface area contributed by atoms with Gasteiger partial charge in [0.15, 0.2) is 9.90 Å². The molecule has 0 aliphatic rings. The summed E-state index contributed by atoms with van der Waals surface area (Å²) in [4.78, 5) is 14.5. The van der Waals surface area contributed by atoms with Gasteiger partial charge in [0.25, 0.3) is 0 Å². The summed E-state index contributed by atoms with van der Waals surface area (Å²) in [7, 11) is -4.90. The Balaban J connectivity index is 3.12. The molecule has 0 spiro atoms. The molecule has 78 valence electrons. The van der Waals surface area contributed by atoms with Crippen molar-refractivity contribution in [3.63, 3.8) is 0 Å². The van der Waals surface area contributed by atoms with E-state index in [1.165, 1.54) is 0 Å². The van der Waals surface area contributed by atoms with E-state index in [2.05, 4.69) is 9.72 Å². The summed E-state index contributed by atoms with van der Waals surface area (Å²) in [5, 5.41) is 0. The number of hydrogen-bond donors (Lipinski definition) is 0. The minimum Gasteiger partial charge on any atom is -0.461 e. The van der Waals surface area contributed by atoms with Gasteiger partial charge in [0.2, 0.25) is 0 Å². The normalized spacial score (nSPS) is 11.3. The van der Waals surface area contributed by atoms with Crippen molar-refractivity contribution < 1.29 is 21.8 Å². The average molecular weight is 239 g/mol. The van der Waals surface area contributed by atoms with Crippen LogP contribution in [0.2, 0.25) is 0 Å². The van der Waals surface area contributed by atoms with Crippen molar-refractivity contribution in [1.29, 1.82) is 0 Å². The number of ether oxygens (including phenoxy) is 1. The van der Waals surface area contributed by atoms with Crippen LogP contribution >= 0.6 is 11.3 Å². The fourth-order valence-electron chi connectivity index (χ4n) is 0.744. The first-order chi connectivity index (χ1) is 6.46. The monoisotopic (exact) mass is 239 g/mol. The summed E-state index contributed by atoms with van der Waals surface area (Å²) in [6.07, 6.45) is 0. The van der Waals surface area contributed by atoms with Crippen LogP contribution in [-0.4, -0.2) is 26.0 Å². The van der Waals surface area contributed by atoms with E-state index in [4.69, 9.17) is 0 Å². The van der Waals surface area contributed by atoms with Gasteiger partial charge in [-0.05, 0) is 6.92 Å². The fraction of sp³-hybridized carbons (Fsp3) is 0.333. The van der Waals surface area contributed by atoms with Crippen molar-refractivity contribution in [3.8, 4) is 0 Å². The van der Waals surface area contributed by atoms with Crippen molar-refractivity contribution in [2.75, 3.05) is 6.61 Å². The SMILES string of the molecule is CCOC(=O)c1ncsc1S(=O)(=O)F. The first-order valence-corrected chi connectivity index (χ1v) is 5.78. The van der Waals surface area contributed by atoms with Gasteiger partial charge < -0.3 is 4.74 Å². The zero-order valence-electron chi connectivity index (χ0n) is 7.06. The van der Waals surface area contributed by atoms with Crippen LogP contribution in [0.1, 0.15) is 17.4 Å². The highest BCUT2D eigenvalue weighted by Crippen LogP contribution is 2.22. The van der Waals surface area contributed by atoms with E-state index in [0.29, 0.717) is 11.3 Å². The molecule has 0 aliphatic carbocycles. The molecule has 0 bridgehead atoms. The minimum atomic E-state index is -4.90. The van der Waals surface area contributed by atoms with Gasteiger partial charge in [-0.25, -0.2) is 9.78 Å². The zero-order valence-corrected chi connectivity index (χ0v) is 8.69. The molecule has 0 saturated heterocycles. The lowest BCUT2D eigenvalue weighted by Crippen LogP contribution is -2.08. The van der Waals surface area contributed by atoms with Gasteiger partial charge in [0, 0.05) is 0 Å². The van der Waals surface area contributed by atoms with E-state index in [1.54, 1.807) is 6.92 Å². The summed E-state index contributed by atoms with van der Waals surface area (Å²) >= 11 is 0.536. The summed E-state index contributed by atoms with van der Waals surface area (Å²) in [6, 6.07) is 0. The second kappa shape index (κ2) is 4.01. The quantitative estimate of drug-likeness (QED) is 0.580. The molecule has 1 aromatic rings. The second-order valence-electron chi connectivity index (χ2n) is 2.15. The molecule has 0 saturated carbocycles. The summed E-state index contributed by atoms with van der Waals surface area (Å²) in [6.45, 7) is 1.62. The number of aromatic nitrogens is 1. The van der Waals surface area contributed by atoms with Crippen LogP contribution in [0, 0.1) is 0 Å². The third kappa shape index (κ3) is 2.26. The standard InChI is InChI=1S/C6H6FNO4S2/c1-2-12-5(9)4-6(13-3-8-4)14(7,10)11/h3H,2H2,1H3. The molecule has 0 radical (unpaired) electrons. The molecule has 8 heteroatoms. The Morgan fingerprint density at radius 3 is 2.86 bits per heavy atom. The van der Waals surface area contributed by atoms with E-state index in [9.17, 15) is 17.1 Å². The summed E-state index contributed by atoms with van der Waals surface area (Å²) in [5.74, 6) is -0.940. The molecule has 1 heterocycles.